The summed E-state index contributed by atoms with van der Waals surface area (Å²) < 4.78 is 19.1. The van der Waals surface area contributed by atoms with Crippen molar-refractivity contribution in [3.63, 3.8) is 0 Å². The Bertz CT molecular complexity index is 1840. The van der Waals surface area contributed by atoms with Crippen LogP contribution in [0.5, 0.6) is 0 Å². The fraction of sp³-hybridized carbons (Fsp3) is 0.212. The molecular formula is C33H33FN8O3. The van der Waals surface area contributed by atoms with Crippen LogP contribution in [0.1, 0.15) is 37.6 Å². The number of amides is 1. The molecule has 0 bridgehead atoms. The van der Waals surface area contributed by atoms with Crippen LogP contribution in [-0.4, -0.2) is 32.4 Å². The standard InChI is InChI=1S/C33H30FN7O3.H3N/c1-33(2,3)44-32(43)26(18-20-6-10-24(11-7-20)40-41-35)31(42)39-28-13-12-25-29(22-14-16-36-17-15-22)27(37-30(25)38-28)19-21-4-8-23(34)9-5-21;/h4-17,26H,18-19H2,1-3H3,(H2,37,38,39,42);1H3/t26-;/m0./s1. The van der Waals surface area contributed by atoms with Crippen molar-refractivity contribution in [3.05, 3.63) is 118 Å². The summed E-state index contributed by atoms with van der Waals surface area (Å²) in [5.41, 5.74) is 13.1. The van der Waals surface area contributed by atoms with Crippen molar-refractivity contribution in [2.75, 3.05) is 5.32 Å². The minimum Gasteiger partial charge on any atom is -0.459 e. The van der Waals surface area contributed by atoms with Gasteiger partial charge in [-0.2, -0.15) is 0 Å². The minimum atomic E-state index is -1.16. The third-order valence-corrected chi connectivity index (χ3v) is 6.79. The number of H-pyrrole nitrogens is 1. The number of aromatic amines is 1. The van der Waals surface area contributed by atoms with E-state index in [-0.39, 0.29) is 24.2 Å². The van der Waals surface area contributed by atoms with E-state index in [9.17, 15) is 14.0 Å². The Morgan fingerprint density at radius 3 is 2.31 bits per heavy atom. The van der Waals surface area contributed by atoms with Crippen molar-refractivity contribution in [1.29, 1.82) is 0 Å². The van der Waals surface area contributed by atoms with Crippen molar-refractivity contribution in [2.24, 2.45) is 11.0 Å². The maximum absolute atomic E-state index is 13.5. The van der Waals surface area contributed by atoms with E-state index in [1.54, 1.807) is 75.6 Å². The van der Waals surface area contributed by atoms with Crippen LogP contribution in [-0.2, 0) is 27.2 Å². The predicted molar refractivity (Wildman–Crippen MR) is 170 cm³/mol. The van der Waals surface area contributed by atoms with Crippen LogP contribution >= 0.6 is 0 Å². The van der Waals surface area contributed by atoms with E-state index < -0.39 is 23.4 Å². The van der Waals surface area contributed by atoms with Crippen molar-refractivity contribution in [1.82, 2.24) is 21.1 Å². The number of rotatable bonds is 9. The molecule has 0 aliphatic carbocycles. The van der Waals surface area contributed by atoms with Gasteiger partial charge in [-0.1, -0.05) is 41.5 Å². The molecule has 0 radical (unpaired) electrons. The largest absolute Gasteiger partial charge is 0.459 e. The molecular weight excluding hydrogens is 575 g/mol. The Hall–Kier alpha value is -5.58. The molecule has 2 aromatic carbocycles. The second kappa shape index (κ2) is 13.8. The third-order valence-electron chi connectivity index (χ3n) is 6.79. The van der Waals surface area contributed by atoms with Crippen molar-refractivity contribution >= 4 is 34.4 Å². The highest BCUT2D eigenvalue weighted by atomic mass is 19.1. The summed E-state index contributed by atoms with van der Waals surface area (Å²) in [5, 5.41) is 7.18. The van der Waals surface area contributed by atoms with Gasteiger partial charge in [0, 0.05) is 46.1 Å². The number of carbonyl (C=O) groups excluding carboxylic acids is 2. The van der Waals surface area contributed by atoms with Gasteiger partial charge in [-0.05, 0) is 85.8 Å². The van der Waals surface area contributed by atoms with E-state index in [0.717, 1.165) is 27.8 Å². The van der Waals surface area contributed by atoms with Gasteiger partial charge in [0.15, 0.2) is 0 Å². The molecule has 5 N–H and O–H groups in total. The summed E-state index contributed by atoms with van der Waals surface area (Å²) in [4.78, 5) is 41.7. The normalized spacial score (nSPS) is 11.6. The molecule has 11 nitrogen and oxygen atoms in total. The molecule has 3 heterocycles. The number of azide groups is 1. The highest BCUT2D eigenvalue weighted by molar-refractivity contribution is 6.05. The van der Waals surface area contributed by atoms with Crippen molar-refractivity contribution in [3.8, 4) is 11.1 Å². The Morgan fingerprint density at radius 1 is 1.00 bits per heavy atom. The zero-order chi connectivity index (χ0) is 31.3. The molecule has 0 aliphatic rings. The lowest BCUT2D eigenvalue weighted by Gasteiger charge is -2.23. The van der Waals surface area contributed by atoms with Gasteiger partial charge in [0.05, 0.1) is 0 Å². The van der Waals surface area contributed by atoms with E-state index in [1.165, 1.54) is 12.1 Å². The zero-order valence-corrected chi connectivity index (χ0v) is 25.1. The Kier molecular flexibility index (Phi) is 9.92. The van der Waals surface area contributed by atoms with E-state index in [1.807, 2.05) is 18.2 Å². The minimum absolute atomic E-state index is 0. The van der Waals surface area contributed by atoms with E-state index in [0.29, 0.717) is 23.3 Å². The van der Waals surface area contributed by atoms with E-state index >= 15 is 0 Å². The van der Waals surface area contributed by atoms with Gasteiger partial charge in [-0.25, -0.2) is 9.37 Å². The molecule has 1 amide bonds. The lowest BCUT2D eigenvalue weighted by Crippen LogP contribution is -2.37. The topological polar surface area (TPSA) is 181 Å². The molecule has 5 aromatic rings. The van der Waals surface area contributed by atoms with Gasteiger partial charge >= 0.3 is 5.97 Å². The number of pyridine rings is 2. The summed E-state index contributed by atoms with van der Waals surface area (Å²) in [6, 6.07) is 20.3. The fourth-order valence-electron chi connectivity index (χ4n) is 4.84. The summed E-state index contributed by atoms with van der Waals surface area (Å²) in [6.07, 6.45) is 3.98. The number of hydrogen-bond donors (Lipinski definition) is 3. The highest BCUT2D eigenvalue weighted by Gasteiger charge is 2.32. The number of benzene rings is 2. The summed E-state index contributed by atoms with van der Waals surface area (Å²) in [5.74, 6) is -2.46. The van der Waals surface area contributed by atoms with Crippen LogP contribution in [0.4, 0.5) is 15.9 Å². The molecule has 1 atom stereocenters. The van der Waals surface area contributed by atoms with Crippen LogP contribution in [0.3, 0.4) is 0 Å². The number of esters is 1. The van der Waals surface area contributed by atoms with Gasteiger partial charge in [-0.3, -0.25) is 14.6 Å². The Balaban J connectivity index is 0.00000461. The SMILES string of the molecule is CC(C)(C)OC(=O)[C@@H](Cc1ccc(N=[N+]=[N-])cc1)C(=O)Nc1ccc2c(-c3ccncc3)c(Cc3ccc(F)cc3)[nH]c2n1.N. The number of nitrogens with zero attached hydrogens (tertiary/aromatic N) is 5. The van der Waals surface area contributed by atoms with Crippen molar-refractivity contribution < 1.29 is 18.7 Å². The Morgan fingerprint density at radius 2 is 1.67 bits per heavy atom. The molecule has 0 saturated carbocycles. The second-order valence-electron chi connectivity index (χ2n) is 11.2. The zero-order valence-electron chi connectivity index (χ0n) is 25.1. The smallest absolute Gasteiger partial charge is 0.319 e. The first-order valence-corrected chi connectivity index (χ1v) is 13.9. The Labute approximate surface area is 259 Å². The third kappa shape index (κ3) is 8.08. The average Bonchev–Trinajstić information content (AvgIpc) is 3.34. The van der Waals surface area contributed by atoms with E-state index in [2.05, 4.69) is 30.3 Å². The van der Waals surface area contributed by atoms with Crippen LogP contribution in [0.25, 0.3) is 32.6 Å². The number of carbonyl (C=O) groups is 2. The number of aromatic nitrogens is 3. The molecule has 230 valence electrons. The molecule has 0 spiro atoms. The number of halogens is 1. The molecule has 3 aromatic heterocycles. The number of ether oxygens (including phenoxy) is 1. The molecule has 0 fully saturated rings. The molecule has 5 rings (SSSR count). The van der Waals surface area contributed by atoms with Crippen LogP contribution < -0.4 is 11.5 Å². The first kappa shape index (κ1) is 32.3. The maximum Gasteiger partial charge on any atom is 0.319 e. The van der Waals surface area contributed by atoms with Crippen LogP contribution in [0.15, 0.2) is 90.3 Å². The first-order valence-electron chi connectivity index (χ1n) is 13.9. The second-order valence-corrected chi connectivity index (χ2v) is 11.2. The van der Waals surface area contributed by atoms with Crippen LogP contribution in [0, 0.1) is 11.7 Å². The summed E-state index contributed by atoms with van der Waals surface area (Å²) >= 11 is 0. The van der Waals surface area contributed by atoms with Crippen molar-refractivity contribution in [2.45, 2.75) is 39.2 Å². The van der Waals surface area contributed by atoms with Gasteiger partial charge in [-0.15, -0.1) is 0 Å². The molecule has 0 aliphatic heterocycles. The lowest BCUT2D eigenvalue weighted by molar-refractivity contribution is -0.161. The average molecular weight is 609 g/mol. The monoisotopic (exact) mass is 608 g/mol. The molecule has 45 heavy (non-hydrogen) atoms. The summed E-state index contributed by atoms with van der Waals surface area (Å²) in [7, 11) is 0. The number of anilines is 1. The predicted octanol–water partition coefficient (Wildman–Crippen LogP) is 7.60. The lowest BCUT2D eigenvalue weighted by atomic mass is 9.97. The molecule has 0 saturated heterocycles. The number of hydrogen-bond acceptors (Lipinski definition) is 7. The summed E-state index contributed by atoms with van der Waals surface area (Å²) in [6.45, 7) is 5.21. The van der Waals surface area contributed by atoms with Gasteiger partial charge < -0.3 is 21.2 Å². The van der Waals surface area contributed by atoms with Crippen LogP contribution in [0.2, 0.25) is 0 Å². The van der Waals surface area contributed by atoms with Gasteiger partial charge in [0.2, 0.25) is 5.91 Å². The highest BCUT2D eigenvalue weighted by Crippen LogP contribution is 2.34. The molecule has 0 unspecified atom stereocenters. The van der Waals surface area contributed by atoms with E-state index in [4.69, 9.17) is 10.3 Å². The van der Waals surface area contributed by atoms with Gasteiger partial charge in [0.1, 0.15) is 28.8 Å². The van der Waals surface area contributed by atoms with Gasteiger partial charge in [0.25, 0.3) is 0 Å². The quantitative estimate of drug-likeness (QED) is 0.0509. The maximum atomic E-state index is 13.5. The number of fused-ring (bicyclic) bond motifs is 1. The molecule has 12 heteroatoms. The number of nitrogens with one attached hydrogen (secondary N) is 2. The fourth-order valence-corrected chi connectivity index (χ4v) is 4.84. The first-order chi connectivity index (χ1) is 21.1.